The Morgan fingerprint density at radius 2 is 1.91 bits per heavy atom. The molecule has 186 valence electrons. The largest absolute Gasteiger partial charge is 0.421 e. The van der Waals surface area contributed by atoms with Crippen LogP contribution < -0.4 is 10.6 Å². The van der Waals surface area contributed by atoms with Gasteiger partial charge in [-0.2, -0.15) is 18.2 Å². The third kappa shape index (κ3) is 5.46. The fourth-order valence-corrected chi connectivity index (χ4v) is 4.35. The first-order chi connectivity index (χ1) is 16.3. The van der Waals surface area contributed by atoms with Crippen molar-refractivity contribution in [1.29, 1.82) is 0 Å². The molecule has 5 N–H and O–H groups in total. The van der Waals surface area contributed by atoms with Gasteiger partial charge in [0.2, 0.25) is 5.95 Å². The molecule has 1 atom stereocenters. The molecule has 0 saturated carbocycles. The predicted molar refractivity (Wildman–Crippen MR) is 117 cm³/mol. The number of nitrogens with zero attached hydrogens (tertiary/aromatic N) is 4. The van der Waals surface area contributed by atoms with Crippen molar-refractivity contribution in [3.05, 3.63) is 65.0 Å². The highest BCUT2D eigenvalue weighted by Gasteiger charge is 2.40. The van der Waals surface area contributed by atoms with Crippen molar-refractivity contribution < 1.29 is 37.5 Å². The Labute approximate surface area is 196 Å². The fraction of sp³-hybridized carbons (Fsp3) is 0.250. The summed E-state index contributed by atoms with van der Waals surface area (Å²) in [6.07, 6.45) is -3.31. The standard InChI is InChI=1S/C20H20F3N6O5P/c1-28-9-12-6-7-29(31)17(15(12)18(28)30)26-16-14(20(21,22)23)8-24-19(27-16)25-13-4-2-11(3-5-13)10-35(32,33)34/h2-8,17,31H,9-10H2,1H3,(H2,32,33,34)(H2,24,25,26,27). The van der Waals surface area contributed by atoms with Crippen LogP contribution in [-0.2, 0) is 21.7 Å². The van der Waals surface area contributed by atoms with E-state index in [1.54, 1.807) is 0 Å². The van der Waals surface area contributed by atoms with Gasteiger partial charge in [0.25, 0.3) is 5.91 Å². The van der Waals surface area contributed by atoms with Crippen LogP contribution in [0, 0.1) is 0 Å². The number of benzene rings is 1. The Morgan fingerprint density at radius 1 is 1.23 bits per heavy atom. The summed E-state index contributed by atoms with van der Waals surface area (Å²) < 4.78 is 52.1. The van der Waals surface area contributed by atoms with Crippen LogP contribution in [0.2, 0.25) is 0 Å². The van der Waals surface area contributed by atoms with Crippen LogP contribution in [0.1, 0.15) is 11.1 Å². The lowest BCUT2D eigenvalue weighted by Crippen LogP contribution is -2.42. The Kier molecular flexibility index (Phi) is 6.32. The van der Waals surface area contributed by atoms with Gasteiger partial charge in [-0.1, -0.05) is 12.1 Å². The second-order valence-electron chi connectivity index (χ2n) is 7.94. The van der Waals surface area contributed by atoms with E-state index in [-0.39, 0.29) is 18.1 Å². The number of aromatic nitrogens is 2. The van der Waals surface area contributed by atoms with Crippen molar-refractivity contribution in [1.82, 2.24) is 19.9 Å². The summed E-state index contributed by atoms with van der Waals surface area (Å²) in [5.41, 5.74) is 0.162. The molecule has 11 nitrogen and oxygen atoms in total. The zero-order chi connectivity index (χ0) is 25.5. The predicted octanol–water partition coefficient (Wildman–Crippen LogP) is 2.64. The number of carbonyl (C=O) groups is 1. The molecule has 0 saturated heterocycles. The number of likely N-dealkylation sites (N-methyl/N-ethyl adjacent to an activating group) is 1. The van der Waals surface area contributed by atoms with Gasteiger partial charge >= 0.3 is 13.8 Å². The van der Waals surface area contributed by atoms with Crippen molar-refractivity contribution in [2.24, 2.45) is 0 Å². The van der Waals surface area contributed by atoms with Crippen molar-refractivity contribution in [2.75, 3.05) is 24.2 Å². The van der Waals surface area contributed by atoms with Gasteiger partial charge in [0.15, 0.2) is 6.17 Å². The number of nitrogens with one attached hydrogen (secondary N) is 2. The number of hydroxylamine groups is 2. The quantitative estimate of drug-likeness (QED) is 0.366. The van der Waals surface area contributed by atoms with Crippen LogP contribution in [-0.4, -0.2) is 60.6 Å². The zero-order valence-electron chi connectivity index (χ0n) is 18.1. The van der Waals surface area contributed by atoms with Gasteiger partial charge in [0.1, 0.15) is 11.4 Å². The van der Waals surface area contributed by atoms with Crippen LogP contribution in [0.15, 0.2) is 53.9 Å². The van der Waals surface area contributed by atoms with Gasteiger partial charge in [0, 0.05) is 31.7 Å². The van der Waals surface area contributed by atoms with E-state index in [9.17, 15) is 27.7 Å². The summed E-state index contributed by atoms with van der Waals surface area (Å²) in [5, 5.41) is 16.1. The van der Waals surface area contributed by atoms with Crippen molar-refractivity contribution in [3.63, 3.8) is 0 Å². The minimum absolute atomic E-state index is 0.0967. The average Bonchev–Trinajstić information content (AvgIpc) is 3.04. The Bertz CT molecular complexity index is 1260. The molecule has 1 amide bonds. The topological polar surface area (TPSA) is 151 Å². The summed E-state index contributed by atoms with van der Waals surface area (Å²) in [7, 11) is -2.72. The highest BCUT2D eigenvalue weighted by molar-refractivity contribution is 7.50. The van der Waals surface area contributed by atoms with E-state index >= 15 is 0 Å². The second kappa shape index (κ2) is 8.96. The number of rotatable bonds is 6. The van der Waals surface area contributed by atoms with E-state index in [0.29, 0.717) is 28.1 Å². The molecular formula is C20H20F3N6O5P. The molecule has 0 fully saturated rings. The summed E-state index contributed by atoms with van der Waals surface area (Å²) in [6, 6.07) is 5.81. The van der Waals surface area contributed by atoms with Crippen LogP contribution in [0.5, 0.6) is 0 Å². The molecule has 2 aliphatic heterocycles. The number of hydrogen-bond donors (Lipinski definition) is 5. The normalized spacial score (nSPS) is 18.3. The summed E-state index contributed by atoms with van der Waals surface area (Å²) in [6.45, 7) is 0.247. The molecule has 15 heteroatoms. The van der Waals surface area contributed by atoms with E-state index < -0.39 is 43.4 Å². The van der Waals surface area contributed by atoms with Crippen LogP contribution >= 0.6 is 7.60 Å². The maximum atomic E-state index is 13.7. The molecule has 1 unspecified atom stereocenters. The molecule has 4 rings (SSSR count). The maximum Gasteiger partial charge on any atom is 0.421 e. The van der Waals surface area contributed by atoms with Gasteiger partial charge in [0.05, 0.1) is 11.7 Å². The Hall–Kier alpha value is -3.45. The average molecular weight is 512 g/mol. The monoisotopic (exact) mass is 512 g/mol. The van der Waals surface area contributed by atoms with E-state index in [1.807, 2.05) is 0 Å². The zero-order valence-corrected chi connectivity index (χ0v) is 19.0. The molecule has 1 aromatic carbocycles. The van der Waals surface area contributed by atoms with E-state index in [0.717, 1.165) is 0 Å². The molecular weight excluding hydrogens is 492 g/mol. The first-order valence-electron chi connectivity index (χ1n) is 10.1. The molecule has 1 aromatic heterocycles. The number of hydrogen-bond acceptors (Lipinski definition) is 8. The number of halogens is 3. The molecule has 0 radical (unpaired) electrons. The Morgan fingerprint density at radius 3 is 2.54 bits per heavy atom. The molecule has 2 aromatic rings. The van der Waals surface area contributed by atoms with Crippen molar-refractivity contribution in [3.8, 4) is 0 Å². The molecule has 0 aliphatic carbocycles. The van der Waals surface area contributed by atoms with Crippen LogP contribution in [0.3, 0.4) is 0 Å². The second-order valence-corrected chi connectivity index (χ2v) is 9.59. The number of amides is 1. The van der Waals surface area contributed by atoms with Gasteiger partial charge in [-0.3, -0.25) is 14.6 Å². The van der Waals surface area contributed by atoms with Gasteiger partial charge in [-0.05, 0) is 29.3 Å². The molecule has 35 heavy (non-hydrogen) atoms. The smallest absolute Gasteiger partial charge is 0.344 e. The Balaban J connectivity index is 1.62. The minimum Gasteiger partial charge on any atom is -0.344 e. The van der Waals surface area contributed by atoms with Crippen molar-refractivity contribution >= 4 is 31.0 Å². The van der Waals surface area contributed by atoms with Crippen molar-refractivity contribution in [2.45, 2.75) is 18.5 Å². The third-order valence-corrected chi connectivity index (χ3v) is 6.04. The third-order valence-electron chi connectivity index (χ3n) is 5.26. The van der Waals surface area contributed by atoms with Crippen LogP contribution in [0.25, 0.3) is 0 Å². The molecule has 0 bridgehead atoms. The molecule has 2 aliphatic rings. The number of carbonyl (C=O) groups excluding carboxylic acids is 1. The molecule has 3 heterocycles. The minimum atomic E-state index is -4.83. The van der Waals surface area contributed by atoms with Gasteiger partial charge in [-0.25, -0.2) is 10.0 Å². The van der Waals surface area contributed by atoms with Gasteiger partial charge in [-0.15, -0.1) is 0 Å². The first-order valence-corrected chi connectivity index (χ1v) is 11.9. The highest BCUT2D eigenvalue weighted by Crippen LogP contribution is 2.39. The SMILES string of the molecule is CN1CC2=C(C1=O)C(Nc1nc(Nc3ccc(CP(=O)(O)O)cc3)ncc1C(F)(F)F)N(O)C=C2. The van der Waals surface area contributed by atoms with E-state index in [1.165, 1.54) is 48.5 Å². The van der Waals surface area contributed by atoms with Gasteiger partial charge < -0.3 is 25.3 Å². The maximum absolute atomic E-state index is 13.7. The summed E-state index contributed by atoms with van der Waals surface area (Å²) >= 11 is 0. The van der Waals surface area contributed by atoms with Crippen LogP contribution in [0.4, 0.5) is 30.6 Å². The lowest BCUT2D eigenvalue weighted by Gasteiger charge is -2.30. The first kappa shape index (κ1) is 24.7. The number of anilines is 3. The van der Waals surface area contributed by atoms with E-state index in [2.05, 4.69) is 20.6 Å². The lowest BCUT2D eigenvalue weighted by molar-refractivity contribution is -0.137. The highest BCUT2D eigenvalue weighted by atomic mass is 31.2. The fourth-order valence-electron chi connectivity index (χ4n) is 3.66. The van der Waals surface area contributed by atoms with E-state index in [4.69, 9.17) is 9.79 Å². The lowest BCUT2D eigenvalue weighted by atomic mass is 10.0. The molecule has 0 spiro atoms. The summed E-state index contributed by atoms with van der Waals surface area (Å²) in [5.74, 6) is -1.33. The number of alkyl halides is 3. The summed E-state index contributed by atoms with van der Waals surface area (Å²) in [4.78, 5) is 39.6.